The molecule has 0 aliphatic carbocycles. The number of nitrogens with two attached hydrogens (primary N) is 1. The predicted octanol–water partition coefficient (Wildman–Crippen LogP) is 2.13. The summed E-state index contributed by atoms with van der Waals surface area (Å²) in [5.74, 6) is 0.929. The van der Waals surface area contributed by atoms with Crippen LogP contribution < -0.4 is 10.5 Å². The summed E-state index contributed by atoms with van der Waals surface area (Å²) in [6.07, 6.45) is 3.26. The molecule has 2 atom stereocenters. The van der Waals surface area contributed by atoms with Crippen LogP contribution >= 0.6 is 0 Å². The maximum absolute atomic E-state index is 5.91. The summed E-state index contributed by atoms with van der Waals surface area (Å²) in [6.45, 7) is 3.59. The number of hydrogen-bond donors (Lipinski definition) is 1. The van der Waals surface area contributed by atoms with Gasteiger partial charge in [-0.3, -0.25) is 0 Å². The number of ether oxygens (including phenoxy) is 2. The summed E-state index contributed by atoms with van der Waals surface area (Å²) >= 11 is 0. The molecule has 1 heterocycles. The van der Waals surface area contributed by atoms with E-state index in [0.29, 0.717) is 6.61 Å². The van der Waals surface area contributed by atoms with Gasteiger partial charge in [0.25, 0.3) is 0 Å². The molecular weight excluding hydrogens is 214 g/mol. The van der Waals surface area contributed by atoms with Crippen molar-refractivity contribution < 1.29 is 9.47 Å². The Bertz CT molecular complexity index is 346. The van der Waals surface area contributed by atoms with E-state index >= 15 is 0 Å². The second-order valence-corrected chi connectivity index (χ2v) is 4.79. The van der Waals surface area contributed by atoms with Crippen molar-refractivity contribution in [1.29, 1.82) is 0 Å². The van der Waals surface area contributed by atoms with Crippen LogP contribution in [0.4, 0.5) is 0 Å². The molecule has 0 aromatic heterocycles. The average Bonchev–Trinajstić information content (AvgIpc) is 2.30. The lowest BCUT2D eigenvalue weighted by Crippen LogP contribution is -2.28. The molecule has 17 heavy (non-hydrogen) atoms. The number of rotatable bonds is 4. The standard InChI is InChI=1S/C14H21NO2/c1-11(15)8-12-4-2-5-13(9-12)17-14-6-3-7-16-10-14/h2,4-5,9,11,14H,3,6-8,10,15H2,1H3. The van der Waals surface area contributed by atoms with E-state index in [2.05, 4.69) is 12.1 Å². The van der Waals surface area contributed by atoms with Gasteiger partial charge in [0.15, 0.2) is 0 Å². The first kappa shape index (κ1) is 12.4. The highest BCUT2D eigenvalue weighted by atomic mass is 16.5. The van der Waals surface area contributed by atoms with E-state index in [1.54, 1.807) is 0 Å². The zero-order chi connectivity index (χ0) is 12.1. The molecule has 0 bridgehead atoms. The van der Waals surface area contributed by atoms with Crippen molar-refractivity contribution >= 4 is 0 Å². The molecular formula is C14H21NO2. The highest BCUT2D eigenvalue weighted by molar-refractivity contribution is 5.29. The zero-order valence-electron chi connectivity index (χ0n) is 10.4. The molecule has 1 saturated heterocycles. The minimum atomic E-state index is 0.184. The molecule has 2 unspecified atom stereocenters. The van der Waals surface area contributed by atoms with Crippen LogP contribution in [0.1, 0.15) is 25.3 Å². The van der Waals surface area contributed by atoms with Gasteiger partial charge in [-0.15, -0.1) is 0 Å². The van der Waals surface area contributed by atoms with Gasteiger partial charge in [0.2, 0.25) is 0 Å². The summed E-state index contributed by atoms with van der Waals surface area (Å²) in [5, 5.41) is 0. The minimum Gasteiger partial charge on any atom is -0.488 e. The second-order valence-electron chi connectivity index (χ2n) is 4.79. The monoisotopic (exact) mass is 235 g/mol. The normalized spacial score (nSPS) is 22.1. The molecule has 3 nitrogen and oxygen atoms in total. The third-order valence-electron chi connectivity index (χ3n) is 2.88. The molecule has 1 aromatic carbocycles. The van der Waals surface area contributed by atoms with E-state index < -0.39 is 0 Å². The first-order chi connectivity index (χ1) is 8.24. The van der Waals surface area contributed by atoms with Crippen molar-refractivity contribution in [3.05, 3.63) is 29.8 Å². The van der Waals surface area contributed by atoms with E-state index in [9.17, 15) is 0 Å². The Kier molecular flexibility index (Phi) is 4.40. The smallest absolute Gasteiger partial charge is 0.122 e. The Labute approximate surface area is 103 Å². The lowest BCUT2D eigenvalue weighted by molar-refractivity contribution is 0.00740. The van der Waals surface area contributed by atoms with Gasteiger partial charge >= 0.3 is 0 Å². The molecule has 2 N–H and O–H groups in total. The average molecular weight is 235 g/mol. The summed E-state index contributed by atoms with van der Waals surface area (Å²) in [6, 6.07) is 8.38. The lowest BCUT2D eigenvalue weighted by Gasteiger charge is -2.23. The number of hydrogen-bond acceptors (Lipinski definition) is 3. The lowest BCUT2D eigenvalue weighted by atomic mass is 10.1. The van der Waals surface area contributed by atoms with E-state index in [-0.39, 0.29) is 12.1 Å². The van der Waals surface area contributed by atoms with Crippen LogP contribution in [0.5, 0.6) is 5.75 Å². The Morgan fingerprint density at radius 1 is 1.53 bits per heavy atom. The molecule has 1 fully saturated rings. The van der Waals surface area contributed by atoms with E-state index in [4.69, 9.17) is 15.2 Å². The molecule has 1 aliphatic heterocycles. The van der Waals surface area contributed by atoms with Gasteiger partial charge in [-0.1, -0.05) is 12.1 Å². The molecule has 94 valence electrons. The Morgan fingerprint density at radius 2 is 2.41 bits per heavy atom. The molecule has 0 radical (unpaired) electrons. The first-order valence-electron chi connectivity index (χ1n) is 6.33. The van der Waals surface area contributed by atoms with Gasteiger partial charge in [0, 0.05) is 12.6 Å². The molecule has 1 aliphatic rings. The largest absolute Gasteiger partial charge is 0.488 e. The molecule has 1 aromatic rings. The number of benzene rings is 1. The van der Waals surface area contributed by atoms with Gasteiger partial charge in [-0.25, -0.2) is 0 Å². The van der Waals surface area contributed by atoms with Crippen LogP contribution in [0.15, 0.2) is 24.3 Å². The third-order valence-corrected chi connectivity index (χ3v) is 2.88. The van der Waals surface area contributed by atoms with Crippen LogP contribution in [-0.2, 0) is 11.2 Å². The van der Waals surface area contributed by atoms with Crippen molar-refractivity contribution in [3.63, 3.8) is 0 Å². The van der Waals surface area contributed by atoms with Crippen LogP contribution in [-0.4, -0.2) is 25.4 Å². The van der Waals surface area contributed by atoms with Crippen molar-refractivity contribution in [2.45, 2.75) is 38.3 Å². The van der Waals surface area contributed by atoms with Crippen LogP contribution in [0, 0.1) is 0 Å². The van der Waals surface area contributed by atoms with Gasteiger partial charge < -0.3 is 15.2 Å². The van der Waals surface area contributed by atoms with Crippen LogP contribution in [0.25, 0.3) is 0 Å². The van der Waals surface area contributed by atoms with E-state index in [1.165, 1.54) is 5.56 Å². The molecule has 0 amide bonds. The maximum Gasteiger partial charge on any atom is 0.122 e. The minimum absolute atomic E-state index is 0.184. The highest BCUT2D eigenvalue weighted by Crippen LogP contribution is 2.19. The van der Waals surface area contributed by atoms with E-state index in [0.717, 1.165) is 31.6 Å². The quantitative estimate of drug-likeness (QED) is 0.869. The topological polar surface area (TPSA) is 44.5 Å². The Hall–Kier alpha value is -1.06. The zero-order valence-corrected chi connectivity index (χ0v) is 10.4. The highest BCUT2D eigenvalue weighted by Gasteiger charge is 2.15. The van der Waals surface area contributed by atoms with Crippen LogP contribution in [0.2, 0.25) is 0 Å². The molecule has 2 rings (SSSR count). The summed E-state index contributed by atoms with van der Waals surface area (Å²) in [4.78, 5) is 0. The Balaban J connectivity index is 1.95. The third kappa shape index (κ3) is 4.02. The first-order valence-corrected chi connectivity index (χ1v) is 6.33. The van der Waals surface area contributed by atoms with Crippen molar-refractivity contribution in [2.24, 2.45) is 5.73 Å². The van der Waals surface area contributed by atoms with Gasteiger partial charge in [0.05, 0.1) is 6.61 Å². The molecule has 3 heteroatoms. The predicted molar refractivity (Wildman–Crippen MR) is 68.3 cm³/mol. The SMILES string of the molecule is CC(N)Cc1cccc(OC2CCCOC2)c1. The van der Waals surface area contributed by atoms with Crippen LogP contribution in [0.3, 0.4) is 0 Å². The summed E-state index contributed by atoms with van der Waals surface area (Å²) in [5.41, 5.74) is 7.03. The fraction of sp³-hybridized carbons (Fsp3) is 0.571. The Morgan fingerprint density at radius 3 is 3.12 bits per heavy atom. The fourth-order valence-electron chi connectivity index (χ4n) is 2.11. The van der Waals surface area contributed by atoms with Gasteiger partial charge in [0.1, 0.15) is 11.9 Å². The summed E-state index contributed by atoms with van der Waals surface area (Å²) in [7, 11) is 0. The van der Waals surface area contributed by atoms with Gasteiger partial charge in [-0.05, 0) is 43.9 Å². The summed E-state index contributed by atoms with van der Waals surface area (Å²) < 4.78 is 11.3. The van der Waals surface area contributed by atoms with Gasteiger partial charge in [-0.2, -0.15) is 0 Å². The van der Waals surface area contributed by atoms with E-state index in [1.807, 2.05) is 19.1 Å². The van der Waals surface area contributed by atoms with Crippen molar-refractivity contribution in [1.82, 2.24) is 0 Å². The van der Waals surface area contributed by atoms with Crippen molar-refractivity contribution in [2.75, 3.05) is 13.2 Å². The maximum atomic E-state index is 5.91. The molecule has 0 spiro atoms. The fourth-order valence-corrected chi connectivity index (χ4v) is 2.11. The van der Waals surface area contributed by atoms with Crippen molar-refractivity contribution in [3.8, 4) is 5.75 Å². The molecule has 0 saturated carbocycles. The second kappa shape index (κ2) is 6.03.